The number of likely N-dealkylation sites (tertiary alicyclic amines) is 1. The third-order valence-electron chi connectivity index (χ3n) is 4.44. The van der Waals surface area contributed by atoms with E-state index in [0.717, 1.165) is 12.8 Å². The van der Waals surface area contributed by atoms with E-state index < -0.39 is 11.6 Å². The molecule has 128 valence electrons. The molecule has 1 fully saturated rings. The minimum absolute atomic E-state index is 0.0612. The van der Waals surface area contributed by atoms with Gasteiger partial charge in [0.1, 0.15) is 5.52 Å². The number of fused-ring (bicyclic) bond motifs is 1. The molecular formula is C18H16F2N4O. The topological polar surface area (TPSA) is 61.0 Å². The van der Waals surface area contributed by atoms with Crippen molar-refractivity contribution in [2.45, 2.75) is 12.8 Å². The second-order valence-corrected chi connectivity index (χ2v) is 6.04. The Balaban J connectivity index is 1.77. The Morgan fingerprint density at radius 3 is 2.56 bits per heavy atom. The van der Waals surface area contributed by atoms with Crippen molar-refractivity contribution in [3.05, 3.63) is 48.0 Å². The maximum Gasteiger partial charge on any atom is 0.323 e. The summed E-state index contributed by atoms with van der Waals surface area (Å²) in [6, 6.07) is 9.93. The van der Waals surface area contributed by atoms with Gasteiger partial charge in [-0.05, 0) is 24.5 Å². The third kappa shape index (κ3) is 2.71. The molecule has 25 heavy (non-hydrogen) atoms. The zero-order chi connectivity index (χ0) is 17.4. The third-order valence-corrected chi connectivity index (χ3v) is 4.44. The Hall–Kier alpha value is -2.96. The number of aromatic nitrogens is 2. The summed E-state index contributed by atoms with van der Waals surface area (Å²) in [5, 5.41) is 9.45. The first kappa shape index (κ1) is 15.6. The molecule has 0 saturated carbocycles. The molecule has 0 unspecified atom stereocenters. The zero-order valence-corrected chi connectivity index (χ0v) is 13.4. The fraction of sp³-hybridized carbons (Fsp3) is 0.222. The largest absolute Gasteiger partial charge is 0.324 e. The summed E-state index contributed by atoms with van der Waals surface area (Å²) in [6.07, 6.45) is 1.93. The maximum absolute atomic E-state index is 14.4. The number of hydrogen-bond acceptors (Lipinski definition) is 2. The van der Waals surface area contributed by atoms with Gasteiger partial charge in [-0.2, -0.15) is 5.10 Å². The lowest BCUT2D eigenvalue weighted by atomic mass is 10.0. The van der Waals surface area contributed by atoms with Crippen molar-refractivity contribution in [2.24, 2.45) is 0 Å². The number of hydrogen-bond donors (Lipinski definition) is 2. The van der Waals surface area contributed by atoms with Crippen LogP contribution < -0.4 is 5.32 Å². The predicted molar refractivity (Wildman–Crippen MR) is 91.3 cm³/mol. The Kier molecular flexibility index (Phi) is 3.83. The van der Waals surface area contributed by atoms with Gasteiger partial charge >= 0.3 is 6.03 Å². The van der Waals surface area contributed by atoms with E-state index in [1.54, 1.807) is 35.2 Å². The summed E-state index contributed by atoms with van der Waals surface area (Å²) in [4.78, 5) is 13.9. The van der Waals surface area contributed by atoms with Crippen LogP contribution in [0, 0.1) is 11.6 Å². The number of rotatable bonds is 2. The number of carbonyl (C=O) groups is 1. The van der Waals surface area contributed by atoms with E-state index in [1.807, 2.05) is 0 Å². The van der Waals surface area contributed by atoms with Gasteiger partial charge in [0, 0.05) is 24.0 Å². The number of urea groups is 1. The first-order valence-electron chi connectivity index (χ1n) is 8.12. The number of nitrogens with zero attached hydrogens (tertiary/aromatic N) is 2. The average molecular weight is 342 g/mol. The van der Waals surface area contributed by atoms with Crippen LogP contribution in [0.4, 0.5) is 19.4 Å². The number of amides is 2. The van der Waals surface area contributed by atoms with Crippen LogP contribution in [-0.2, 0) is 0 Å². The van der Waals surface area contributed by atoms with Gasteiger partial charge in [-0.15, -0.1) is 0 Å². The number of anilines is 1. The Morgan fingerprint density at radius 1 is 1.12 bits per heavy atom. The van der Waals surface area contributed by atoms with Gasteiger partial charge in [-0.3, -0.25) is 10.4 Å². The van der Waals surface area contributed by atoms with Crippen LogP contribution in [0.5, 0.6) is 0 Å². The number of H-pyrrole nitrogens is 1. The molecule has 1 aliphatic rings. The number of nitrogens with one attached hydrogen (secondary N) is 2. The van der Waals surface area contributed by atoms with E-state index in [9.17, 15) is 13.6 Å². The molecule has 0 aliphatic carbocycles. The monoisotopic (exact) mass is 342 g/mol. The van der Waals surface area contributed by atoms with E-state index in [-0.39, 0.29) is 22.9 Å². The molecule has 1 saturated heterocycles. The summed E-state index contributed by atoms with van der Waals surface area (Å²) in [6.45, 7) is 1.37. The fourth-order valence-corrected chi connectivity index (χ4v) is 3.12. The molecule has 2 aromatic carbocycles. The molecule has 7 heteroatoms. The zero-order valence-electron chi connectivity index (χ0n) is 13.4. The SMILES string of the molecule is O=C(Nc1n[nH]c2c(F)c(F)c(-c3ccccc3)cc12)N1CCCC1. The van der Waals surface area contributed by atoms with Crippen molar-refractivity contribution in [2.75, 3.05) is 18.4 Å². The van der Waals surface area contributed by atoms with Crippen molar-refractivity contribution in [3.8, 4) is 11.1 Å². The molecule has 2 amide bonds. The van der Waals surface area contributed by atoms with Crippen LogP contribution in [0.2, 0.25) is 0 Å². The predicted octanol–water partition coefficient (Wildman–Crippen LogP) is 4.14. The number of aromatic amines is 1. The first-order valence-corrected chi connectivity index (χ1v) is 8.12. The van der Waals surface area contributed by atoms with Crippen LogP contribution in [0.3, 0.4) is 0 Å². The normalized spacial score (nSPS) is 14.2. The second kappa shape index (κ2) is 6.16. The Labute approximate surface area is 142 Å². The van der Waals surface area contributed by atoms with Crippen molar-refractivity contribution < 1.29 is 13.6 Å². The molecule has 3 aromatic rings. The molecule has 0 spiro atoms. The first-order chi connectivity index (χ1) is 12.1. The highest BCUT2D eigenvalue weighted by Crippen LogP contribution is 2.33. The van der Waals surface area contributed by atoms with Gasteiger partial charge in [-0.25, -0.2) is 13.6 Å². The minimum atomic E-state index is -1.01. The van der Waals surface area contributed by atoms with Crippen molar-refractivity contribution >= 4 is 22.8 Å². The second-order valence-electron chi connectivity index (χ2n) is 6.04. The molecular weight excluding hydrogens is 326 g/mol. The summed E-state index contributed by atoms with van der Waals surface area (Å²) < 4.78 is 28.8. The summed E-state index contributed by atoms with van der Waals surface area (Å²) >= 11 is 0. The van der Waals surface area contributed by atoms with Gasteiger partial charge in [-0.1, -0.05) is 30.3 Å². The summed E-state index contributed by atoms with van der Waals surface area (Å²) in [7, 11) is 0. The molecule has 2 heterocycles. The van der Waals surface area contributed by atoms with Crippen LogP contribution >= 0.6 is 0 Å². The highest BCUT2D eigenvalue weighted by Gasteiger charge is 2.22. The van der Waals surface area contributed by atoms with E-state index in [1.165, 1.54) is 6.07 Å². The molecule has 0 radical (unpaired) electrons. The number of benzene rings is 2. The smallest absolute Gasteiger partial charge is 0.323 e. The van der Waals surface area contributed by atoms with E-state index in [4.69, 9.17) is 0 Å². The highest BCUT2D eigenvalue weighted by molar-refractivity contribution is 6.00. The lowest BCUT2D eigenvalue weighted by Crippen LogP contribution is -2.32. The molecule has 1 aromatic heterocycles. The summed E-state index contributed by atoms with van der Waals surface area (Å²) in [5.74, 6) is -1.76. The maximum atomic E-state index is 14.4. The Bertz CT molecular complexity index is 933. The number of halogens is 2. The van der Waals surface area contributed by atoms with Gasteiger partial charge in [0.25, 0.3) is 0 Å². The quantitative estimate of drug-likeness (QED) is 0.735. The van der Waals surface area contributed by atoms with Gasteiger partial charge in [0.15, 0.2) is 17.5 Å². The van der Waals surface area contributed by atoms with Gasteiger partial charge in [0.05, 0.1) is 0 Å². The molecule has 2 N–H and O–H groups in total. The molecule has 0 bridgehead atoms. The molecule has 0 atom stereocenters. The minimum Gasteiger partial charge on any atom is -0.324 e. The van der Waals surface area contributed by atoms with Gasteiger partial charge < -0.3 is 4.90 Å². The van der Waals surface area contributed by atoms with Crippen LogP contribution in [0.1, 0.15) is 12.8 Å². The Morgan fingerprint density at radius 2 is 1.84 bits per heavy atom. The van der Waals surface area contributed by atoms with Crippen LogP contribution in [0.25, 0.3) is 22.0 Å². The molecule has 5 nitrogen and oxygen atoms in total. The molecule has 4 rings (SSSR count). The highest BCUT2D eigenvalue weighted by atomic mass is 19.2. The van der Waals surface area contributed by atoms with E-state index >= 15 is 0 Å². The summed E-state index contributed by atoms with van der Waals surface area (Å²) in [5.41, 5.74) is 0.622. The van der Waals surface area contributed by atoms with Crippen molar-refractivity contribution in [1.29, 1.82) is 0 Å². The van der Waals surface area contributed by atoms with Crippen LogP contribution in [-0.4, -0.2) is 34.2 Å². The standard InChI is InChI=1S/C18H16F2N4O/c19-14-12(11-6-2-1-3-7-11)10-13-16(15(14)20)22-23-17(13)21-18(25)24-8-4-5-9-24/h1-3,6-7,10H,4-5,8-9H2,(H2,21,22,23,25). The lowest BCUT2D eigenvalue weighted by molar-refractivity contribution is 0.222. The van der Waals surface area contributed by atoms with E-state index in [2.05, 4.69) is 15.5 Å². The van der Waals surface area contributed by atoms with Crippen LogP contribution in [0.15, 0.2) is 36.4 Å². The van der Waals surface area contributed by atoms with Gasteiger partial charge in [0.2, 0.25) is 0 Å². The fourth-order valence-electron chi connectivity index (χ4n) is 3.12. The van der Waals surface area contributed by atoms with Crippen molar-refractivity contribution in [1.82, 2.24) is 15.1 Å². The molecule has 1 aliphatic heterocycles. The lowest BCUT2D eigenvalue weighted by Gasteiger charge is -2.15. The van der Waals surface area contributed by atoms with Crippen molar-refractivity contribution in [3.63, 3.8) is 0 Å². The number of carbonyl (C=O) groups excluding carboxylic acids is 1. The van der Waals surface area contributed by atoms with E-state index in [0.29, 0.717) is 24.0 Å². The average Bonchev–Trinajstić information content (AvgIpc) is 3.29.